The summed E-state index contributed by atoms with van der Waals surface area (Å²) in [5.41, 5.74) is 1.59. The van der Waals surface area contributed by atoms with E-state index in [-0.39, 0.29) is 5.76 Å². The van der Waals surface area contributed by atoms with Crippen LogP contribution in [0.4, 0.5) is 5.69 Å². The van der Waals surface area contributed by atoms with Gasteiger partial charge in [0.15, 0.2) is 5.76 Å². The fraction of sp³-hybridized carbons (Fsp3) is 0. The second kappa shape index (κ2) is 6.23. The number of nitrogens with zero attached hydrogens (tertiary/aromatic N) is 3. The number of carbonyl (C=O) groups excluding carboxylic acids is 1. The summed E-state index contributed by atoms with van der Waals surface area (Å²) >= 11 is 12.2. The lowest BCUT2D eigenvalue weighted by Gasteiger charge is -2.11. The van der Waals surface area contributed by atoms with E-state index in [1.807, 2.05) is 0 Å². The van der Waals surface area contributed by atoms with Crippen molar-refractivity contribution in [3.8, 4) is 5.69 Å². The maximum absolute atomic E-state index is 12.6. The largest absolute Gasteiger partial charge is 0.451 e. The molecule has 1 N–H and O–H groups in total. The topological polar surface area (TPSA) is 73.0 Å². The summed E-state index contributed by atoms with van der Waals surface area (Å²) in [5.74, 6) is -0.238. The first kappa shape index (κ1) is 15.7. The molecule has 4 rings (SSSR count). The van der Waals surface area contributed by atoms with E-state index < -0.39 is 5.91 Å². The SMILES string of the molecule is O=C(Nc1cccc(Cl)c1-n1cncn1)c1cc2cc(Cl)ccc2o1. The first-order chi connectivity index (χ1) is 12.1. The lowest BCUT2D eigenvalue weighted by atomic mass is 10.2. The molecule has 25 heavy (non-hydrogen) atoms. The number of para-hydroxylation sites is 1. The van der Waals surface area contributed by atoms with Crippen LogP contribution in [0.2, 0.25) is 10.0 Å². The molecule has 2 aromatic carbocycles. The third-order valence-electron chi connectivity index (χ3n) is 3.58. The third kappa shape index (κ3) is 2.97. The number of hydrogen-bond donors (Lipinski definition) is 1. The standard InChI is InChI=1S/C17H10Cl2N4O2/c18-11-4-5-14-10(6-11)7-15(25-14)17(24)22-13-3-1-2-12(19)16(13)23-9-20-8-21-23/h1-9H,(H,22,24). The zero-order chi connectivity index (χ0) is 17.4. The number of halogens is 2. The van der Waals surface area contributed by atoms with Gasteiger partial charge in [-0.3, -0.25) is 4.79 Å². The highest BCUT2D eigenvalue weighted by Crippen LogP contribution is 2.29. The Bertz CT molecular complexity index is 1070. The van der Waals surface area contributed by atoms with Crippen molar-refractivity contribution in [2.75, 3.05) is 5.32 Å². The van der Waals surface area contributed by atoms with Crippen LogP contribution in [0.15, 0.2) is 59.5 Å². The second-order valence-electron chi connectivity index (χ2n) is 5.22. The number of carbonyl (C=O) groups is 1. The summed E-state index contributed by atoms with van der Waals surface area (Å²) in [7, 11) is 0. The van der Waals surface area contributed by atoms with Crippen molar-refractivity contribution >= 4 is 45.8 Å². The number of fused-ring (bicyclic) bond motifs is 1. The van der Waals surface area contributed by atoms with Crippen molar-refractivity contribution < 1.29 is 9.21 Å². The van der Waals surface area contributed by atoms with Crippen LogP contribution in [0.25, 0.3) is 16.7 Å². The summed E-state index contributed by atoms with van der Waals surface area (Å²) in [6, 6.07) is 12.0. The van der Waals surface area contributed by atoms with Gasteiger partial charge in [-0.2, -0.15) is 5.10 Å². The Kier molecular flexibility index (Phi) is 3.91. The van der Waals surface area contributed by atoms with Crippen LogP contribution in [0.3, 0.4) is 0 Å². The molecule has 0 saturated carbocycles. The van der Waals surface area contributed by atoms with Crippen LogP contribution < -0.4 is 5.32 Å². The number of hydrogen-bond acceptors (Lipinski definition) is 4. The molecule has 0 unspecified atom stereocenters. The lowest BCUT2D eigenvalue weighted by Crippen LogP contribution is -2.13. The maximum Gasteiger partial charge on any atom is 0.291 e. The maximum atomic E-state index is 12.6. The van der Waals surface area contributed by atoms with Crippen LogP contribution in [-0.2, 0) is 0 Å². The summed E-state index contributed by atoms with van der Waals surface area (Å²) in [6.45, 7) is 0. The molecule has 1 amide bonds. The van der Waals surface area contributed by atoms with Crippen molar-refractivity contribution in [2.45, 2.75) is 0 Å². The summed E-state index contributed by atoms with van der Waals surface area (Å²) < 4.78 is 7.06. The Morgan fingerprint density at radius 1 is 1.16 bits per heavy atom. The van der Waals surface area contributed by atoms with Gasteiger partial charge in [0.1, 0.15) is 23.9 Å². The number of rotatable bonds is 3. The van der Waals surface area contributed by atoms with Crippen LogP contribution in [0, 0.1) is 0 Å². The van der Waals surface area contributed by atoms with Gasteiger partial charge in [0.25, 0.3) is 5.91 Å². The molecule has 0 radical (unpaired) electrons. The Hall–Kier alpha value is -2.83. The highest BCUT2D eigenvalue weighted by atomic mass is 35.5. The van der Waals surface area contributed by atoms with Gasteiger partial charge in [-0.1, -0.05) is 29.3 Å². The van der Waals surface area contributed by atoms with Crippen molar-refractivity contribution in [3.05, 3.63) is 70.9 Å². The van der Waals surface area contributed by atoms with Crippen molar-refractivity contribution in [1.82, 2.24) is 14.8 Å². The van der Waals surface area contributed by atoms with Crippen LogP contribution in [-0.4, -0.2) is 20.7 Å². The van der Waals surface area contributed by atoms with E-state index in [0.717, 1.165) is 5.39 Å². The highest BCUT2D eigenvalue weighted by molar-refractivity contribution is 6.33. The van der Waals surface area contributed by atoms with Crippen molar-refractivity contribution in [3.63, 3.8) is 0 Å². The average molecular weight is 373 g/mol. The normalized spacial score (nSPS) is 11.0. The molecule has 6 nitrogen and oxygen atoms in total. The van der Waals surface area contributed by atoms with E-state index >= 15 is 0 Å². The molecule has 0 saturated heterocycles. The Morgan fingerprint density at radius 3 is 2.84 bits per heavy atom. The van der Waals surface area contributed by atoms with Crippen LogP contribution in [0.5, 0.6) is 0 Å². The smallest absolute Gasteiger partial charge is 0.291 e. The molecule has 0 bridgehead atoms. The summed E-state index contributed by atoms with van der Waals surface area (Å²) in [6.07, 6.45) is 2.89. The van der Waals surface area contributed by atoms with E-state index in [2.05, 4.69) is 15.4 Å². The minimum atomic E-state index is -0.407. The van der Waals surface area contributed by atoms with Crippen molar-refractivity contribution in [1.29, 1.82) is 0 Å². The molecule has 0 aliphatic rings. The molecule has 2 heterocycles. The number of benzene rings is 2. The molecule has 0 spiro atoms. The van der Waals surface area contributed by atoms with Gasteiger partial charge in [-0.15, -0.1) is 0 Å². The first-order valence-electron chi connectivity index (χ1n) is 7.26. The predicted molar refractivity (Wildman–Crippen MR) is 95.5 cm³/mol. The van der Waals surface area contributed by atoms with Gasteiger partial charge in [-0.05, 0) is 36.4 Å². The number of anilines is 1. The molecule has 0 fully saturated rings. The molecule has 0 aliphatic heterocycles. The number of furan rings is 1. The van der Waals surface area contributed by atoms with Gasteiger partial charge in [0.05, 0.1) is 10.7 Å². The second-order valence-corrected chi connectivity index (χ2v) is 6.07. The quantitative estimate of drug-likeness (QED) is 0.571. The fourth-order valence-corrected chi connectivity index (χ4v) is 2.92. The first-order valence-corrected chi connectivity index (χ1v) is 8.01. The monoisotopic (exact) mass is 372 g/mol. The van der Waals surface area contributed by atoms with Gasteiger partial charge in [-0.25, -0.2) is 9.67 Å². The average Bonchev–Trinajstić information content (AvgIpc) is 3.23. The lowest BCUT2D eigenvalue weighted by molar-refractivity contribution is 0.0998. The zero-order valence-corrected chi connectivity index (χ0v) is 14.1. The fourth-order valence-electron chi connectivity index (χ4n) is 2.48. The molecule has 8 heteroatoms. The minimum absolute atomic E-state index is 0.168. The van der Waals surface area contributed by atoms with Gasteiger partial charge in [0, 0.05) is 10.4 Å². The van der Waals surface area contributed by atoms with Crippen LogP contribution in [0.1, 0.15) is 10.6 Å². The highest BCUT2D eigenvalue weighted by Gasteiger charge is 2.17. The Labute approximate surface area is 152 Å². The number of aromatic nitrogens is 3. The molecule has 0 atom stereocenters. The Morgan fingerprint density at radius 2 is 2.04 bits per heavy atom. The number of nitrogens with one attached hydrogen (secondary N) is 1. The predicted octanol–water partition coefficient (Wildman–Crippen LogP) is 4.57. The minimum Gasteiger partial charge on any atom is -0.451 e. The molecule has 4 aromatic rings. The zero-order valence-electron chi connectivity index (χ0n) is 12.6. The molecule has 124 valence electrons. The molecule has 0 aliphatic carbocycles. The molecule has 2 aromatic heterocycles. The van der Waals surface area contributed by atoms with E-state index in [1.54, 1.807) is 42.5 Å². The summed E-state index contributed by atoms with van der Waals surface area (Å²) in [4.78, 5) is 16.5. The van der Waals surface area contributed by atoms with E-state index in [1.165, 1.54) is 17.3 Å². The van der Waals surface area contributed by atoms with E-state index in [4.69, 9.17) is 27.6 Å². The Balaban J connectivity index is 1.70. The van der Waals surface area contributed by atoms with Gasteiger partial charge < -0.3 is 9.73 Å². The van der Waals surface area contributed by atoms with E-state index in [9.17, 15) is 4.79 Å². The van der Waals surface area contributed by atoms with Crippen molar-refractivity contribution in [2.24, 2.45) is 0 Å². The van der Waals surface area contributed by atoms with E-state index in [0.29, 0.717) is 27.0 Å². The van der Waals surface area contributed by atoms with Gasteiger partial charge >= 0.3 is 0 Å². The van der Waals surface area contributed by atoms with Crippen LogP contribution >= 0.6 is 23.2 Å². The molecular formula is C17H10Cl2N4O2. The van der Waals surface area contributed by atoms with Gasteiger partial charge in [0.2, 0.25) is 0 Å². The number of amides is 1. The summed E-state index contributed by atoms with van der Waals surface area (Å²) in [5, 5.41) is 8.61. The molecular weight excluding hydrogens is 363 g/mol. The third-order valence-corrected chi connectivity index (χ3v) is 4.13.